The highest BCUT2D eigenvalue weighted by atomic mass is 16.5. The summed E-state index contributed by atoms with van der Waals surface area (Å²) in [5, 5.41) is 0. The molecule has 2 rings (SSSR count). The lowest BCUT2D eigenvalue weighted by Crippen LogP contribution is -2.46. The summed E-state index contributed by atoms with van der Waals surface area (Å²) in [6.45, 7) is 8.97. The second kappa shape index (κ2) is 3.43. The topological polar surface area (TPSA) is 60.4 Å². The Morgan fingerprint density at radius 2 is 1.67 bits per heavy atom. The lowest BCUT2D eigenvalue weighted by Gasteiger charge is -2.36. The molecule has 0 aromatic heterocycles. The van der Waals surface area contributed by atoms with Crippen LogP contribution in [-0.4, -0.2) is 23.6 Å². The van der Waals surface area contributed by atoms with E-state index in [2.05, 4.69) is 0 Å². The van der Waals surface area contributed by atoms with Crippen molar-refractivity contribution in [3.8, 4) is 0 Å². The number of hydrogen-bond acceptors (Lipinski definition) is 4. The van der Waals surface area contributed by atoms with E-state index < -0.39 is 33.8 Å². The van der Waals surface area contributed by atoms with Crippen LogP contribution < -0.4 is 0 Å². The number of fused-ring (bicyclic) bond motifs is 2. The first-order chi connectivity index (χ1) is 8.11. The largest absolute Gasteiger partial charge is 0.462 e. The van der Waals surface area contributed by atoms with Crippen LogP contribution in [0.3, 0.4) is 0 Å². The number of hydrogen-bond donors (Lipinski definition) is 0. The highest BCUT2D eigenvalue weighted by Crippen LogP contribution is 2.69. The lowest BCUT2D eigenvalue weighted by molar-refractivity contribution is -0.168. The average Bonchev–Trinajstić information content (AvgIpc) is 2.51. The maximum atomic E-state index is 12.4. The molecule has 2 atom stereocenters. The Kier molecular flexibility index (Phi) is 2.52. The van der Waals surface area contributed by atoms with Crippen molar-refractivity contribution >= 4 is 17.5 Å². The standard InChI is InChI=1S/C14H20O4/c1-8(2)18-11(17)14-7-6-13(5,12(14,3)4)9(15)10(14)16/h8H,6-7H2,1-5H3. The molecule has 2 aliphatic rings. The van der Waals surface area contributed by atoms with Crippen LogP contribution in [0, 0.1) is 16.2 Å². The van der Waals surface area contributed by atoms with Gasteiger partial charge in [0.15, 0.2) is 0 Å². The number of Topliss-reactive ketones (excluding diaryl/α,β-unsaturated/α-hetero) is 2. The van der Waals surface area contributed by atoms with Crippen LogP contribution >= 0.6 is 0 Å². The van der Waals surface area contributed by atoms with Gasteiger partial charge in [-0.1, -0.05) is 20.8 Å². The normalized spacial score (nSPS) is 37.4. The molecule has 2 bridgehead atoms. The van der Waals surface area contributed by atoms with E-state index in [1.807, 2.05) is 13.8 Å². The Labute approximate surface area is 107 Å². The molecule has 2 unspecified atom stereocenters. The van der Waals surface area contributed by atoms with E-state index in [1.54, 1.807) is 20.8 Å². The summed E-state index contributed by atoms with van der Waals surface area (Å²) < 4.78 is 5.24. The molecule has 0 heterocycles. The van der Waals surface area contributed by atoms with E-state index in [0.717, 1.165) is 0 Å². The minimum absolute atomic E-state index is 0.280. The van der Waals surface area contributed by atoms with Crippen LogP contribution in [0.25, 0.3) is 0 Å². The smallest absolute Gasteiger partial charge is 0.320 e. The third-order valence-electron chi connectivity index (χ3n) is 5.23. The van der Waals surface area contributed by atoms with Crippen molar-refractivity contribution in [1.29, 1.82) is 0 Å². The molecule has 2 fully saturated rings. The Morgan fingerprint density at radius 1 is 1.11 bits per heavy atom. The average molecular weight is 252 g/mol. The van der Waals surface area contributed by atoms with Gasteiger partial charge in [0.05, 0.1) is 6.10 Å². The summed E-state index contributed by atoms with van der Waals surface area (Å²) in [7, 11) is 0. The fourth-order valence-corrected chi connectivity index (χ4v) is 3.54. The van der Waals surface area contributed by atoms with E-state index in [-0.39, 0.29) is 6.10 Å². The van der Waals surface area contributed by atoms with Gasteiger partial charge in [-0.2, -0.15) is 0 Å². The molecule has 0 spiro atoms. The molecule has 4 heteroatoms. The van der Waals surface area contributed by atoms with Crippen LogP contribution in [0.4, 0.5) is 0 Å². The van der Waals surface area contributed by atoms with Crippen LogP contribution in [0.1, 0.15) is 47.5 Å². The number of ether oxygens (including phenoxy) is 1. The fourth-order valence-electron chi connectivity index (χ4n) is 3.54. The second-order valence-corrected chi connectivity index (χ2v) is 6.47. The quantitative estimate of drug-likeness (QED) is 0.428. The third kappa shape index (κ3) is 1.14. The Hall–Kier alpha value is -1.19. The van der Waals surface area contributed by atoms with Crippen molar-refractivity contribution in [3.05, 3.63) is 0 Å². The van der Waals surface area contributed by atoms with E-state index in [9.17, 15) is 14.4 Å². The summed E-state index contributed by atoms with van der Waals surface area (Å²) >= 11 is 0. The predicted octanol–water partition coefficient (Wildman–Crippen LogP) is 1.90. The molecule has 0 aliphatic heterocycles. The van der Waals surface area contributed by atoms with Gasteiger partial charge < -0.3 is 4.74 Å². The Morgan fingerprint density at radius 3 is 2.06 bits per heavy atom. The summed E-state index contributed by atoms with van der Waals surface area (Å²) in [6.07, 6.45) is 0.725. The molecule has 0 radical (unpaired) electrons. The van der Waals surface area contributed by atoms with E-state index in [0.29, 0.717) is 12.8 Å². The predicted molar refractivity (Wildman–Crippen MR) is 64.8 cm³/mol. The lowest BCUT2D eigenvalue weighted by atomic mass is 9.65. The number of carbonyl (C=O) groups excluding carboxylic acids is 3. The van der Waals surface area contributed by atoms with Gasteiger partial charge in [0.2, 0.25) is 11.6 Å². The van der Waals surface area contributed by atoms with Gasteiger partial charge in [0.1, 0.15) is 5.41 Å². The third-order valence-corrected chi connectivity index (χ3v) is 5.23. The molecule has 2 saturated carbocycles. The van der Waals surface area contributed by atoms with Gasteiger partial charge in [0, 0.05) is 10.8 Å². The van der Waals surface area contributed by atoms with Crippen molar-refractivity contribution < 1.29 is 19.1 Å². The molecule has 100 valence electrons. The zero-order valence-electron chi connectivity index (χ0n) is 11.6. The van der Waals surface area contributed by atoms with E-state index in [4.69, 9.17) is 4.74 Å². The number of carbonyl (C=O) groups is 3. The maximum absolute atomic E-state index is 12.4. The molecule has 0 aromatic rings. The Balaban J connectivity index is 2.53. The molecule has 4 nitrogen and oxygen atoms in total. The zero-order chi connectivity index (χ0) is 13.9. The number of esters is 1. The molecule has 18 heavy (non-hydrogen) atoms. The van der Waals surface area contributed by atoms with Gasteiger partial charge in [-0.05, 0) is 26.7 Å². The van der Waals surface area contributed by atoms with Gasteiger partial charge in [-0.25, -0.2) is 0 Å². The summed E-state index contributed by atoms with van der Waals surface area (Å²) in [4.78, 5) is 36.8. The maximum Gasteiger partial charge on any atom is 0.320 e. The van der Waals surface area contributed by atoms with Crippen molar-refractivity contribution in [1.82, 2.24) is 0 Å². The molecular weight excluding hydrogens is 232 g/mol. The molecule has 2 aliphatic carbocycles. The highest BCUT2D eigenvalue weighted by molar-refractivity contribution is 6.48. The first-order valence-electron chi connectivity index (χ1n) is 6.41. The Bertz CT molecular complexity index is 449. The summed E-state index contributed by atoms with van der Waals surface area (Å²) in [6, 6.07) is 0. The highest BCUT2D eigenvalue weighted by Gasteiger charge is 2.78. The molecular formula is C14H20O4. The van der Waals surface area contributed by atoms with Crippen molar-refractivity contribution in [2.75, 3.05) is 0 Å². The zero-order valence-corrected chi connectivity index (χ0v) is 11.6. The fraction of sp³-hybridized carbons (Fsp3) is 0.786. The molecule has 0 aromatic carbocycles. The SMILES string of the molecule is CC(C)OC(=O)C12CCC(C)(C(=O)C1=O)C2(C)C. The van der Waals surface area contributed by atoms with Crippen molar-refractivity contribution in [2.24, 2.45) is 16.2 Å². The van der Waals surface area contributed by atoms with Gasteiger partial charge in [-0.3, -0.25) is 14.4 Å². The minimum Gasteiger partial charge on any atom is -0.462 e. The van der Waals surface area contributed by atoms with Crippen molar-refractivity contribution in [3.63, 3.8) is 0 Å². The second-order valence-electron chi connectivity index (χ2n) is 6.47. The van der Waals surface area contributed by atoms with Crippen LogP contribution in [0.5, 0.6) is 0 Å². The summed E-state index contributed by atoms with van der Waals surface area (Å²) in [5.41, 5.74) is -2.65. The van der Waals surface area contributed by atoms with Gasteiger partial charge in [0.25, 0.3) is 0 Å². The molecule has 0 N–H and O–H groups in total. The van der Waals surface area contributed by atoms with E-state index in [1.165, 1.54) is 0 Å². The van der Waals surface area contributed by atoms with Gasteiger partial charge in [-0.15, -0.1) is 0 Å². The van der Waals surface area contributed by atoms with Crippen LogP contribution in [0.15, 0.2) is 0 Å². The molecule has 0 amide bonds. The monoisotopic (exact) mass is 252 g/mol. The van der Waals surface area contributed by atoms with Gasteiger partial charge >= 0.3 is 5.97 Å². The van der Waals surface area contributed by atoms with E-state index >= 15 is 0 Å². The van der Waals surface area contributed by atoms with Crippen LogP contribution in [-0.2, 0) is 19.1 Å². The number of rotatable bonds is 2. The summed E-state index contributed by atoms with van der Waals surface area (Å²) in [5.74, 6) is -1.48. The first-order valence-corrected chi connectivity index (χ1v) is 6.41. The van der Waals surface area contributed by atoms with Crippen LogP contribution in [0.2, 0.25) is 0 Å². The first kappa shape index (κ1) is 13.2. The van der Waals surface area contributed by atoms with Crippen molar-refractivity contribution in [2.45, 2.75) is 53.6 Å². The minimum atomic E-state index is -1.26. The molecule has 0 saturated heterocycles. The number of ketones is 2.